The molecule has 1 aromatic heterocycles. The molecule has 0 N–H and O–H groups in total. The summed E-state index contributed by atoms with van der Waals surface area (Å²) >= 11 is 0. The Labute approximate surface area is 140 Å². The number of ketones is 1. The fourth-order valence-corrected chi connectivity index (χ4v) is 2.32. The Morgan fingerprint density at radius 1 is 1.00 bits per heavy atom. The first-order chi connectivity index (χ1) is 10.2. The van der Waals surface area contributed by atoms with Crippen LogP contribution in [0.1, 0.15) is 21.5 Å². The molecule has 112 valence electrons. The zero-order chi connectivity index (χ0) is 14.7. The highest BCUT2D eigenvalue weighted by molar-refractivity contribution is 6.08. The molecule has 0 bridgehead atoms. The van der Waals surface area contributed by atoms with Crippen LogP contribution in [0, 0.1) is 0 Å². The summed E-state index contributed by atoms with van der Waals surface area (Å²) in [5.41, 5.74) is 2.63. The zero-order valence-electron chi connectivity index (χ0n) is 12.3. The minimum Gasteiger partial charge on any atom is -1.00 e. The quantitative estimate of drug-likeness (QED) is 0.461. The van der Waals surface area contributed by atoms with Gasteiger partial charge in [0.05, 0.1) is 7.05 Å². The van der Waals surface area contributed by atoms with Gasteiger partial charge in [0.15, 0.2) is 5.78 Å². The van der Waals surface area contributed by atoms with E-state index in [1.54, 1.807) is 0 Å². The van der Waals surface area contributed by atoms with E-state index in [1.165, 1.54) is 5.56 Å². The van der Waals surface area contributed by atoms with Crippen molar-refractivity contribution in [3.63, 3.8) is 0 Å². The van der Waals surface area contributed by atoms with Crippen molar-refractivity contribution in [3.8, 4) is 0 Å². The number of imidazole rings is 1. The van der Waals surface area contributed by atoms with Gasteiger partial charge in [-0.1, -0.05) is 54.6 Å². The molecular formula is C18H17BrN2O. The molecule has 3 rings (SSSR count). The minimum atomic E-state index is 0. The van der Waals surface area contributed by atoms with Crippen LogP contribution in [0.25, 0.3) is 0 Å². The minimum absolute atomic E-state index is 0. The van der Waals surface area contributed by atoms with Gasteiger partial charge in [0.2, 0.25) is 6.33 Å². The van der Waals surface area contributed by atoms with E-state index < -0.39 is 0 Å². The first-order valence-corrected chi connectivity index (χ1v) is 6.92. The molecule has 3 nitrogen and oxygen atoms in total. The van der Waals surface area contributed by atoms with E-state index in [4.69, 9.17) is 0 Å². The molecule has 0 amide bonds. The van der Waals surface area contributed by atoms with Crippen LogP contribution in [0.5, 0.6) is 0 Å². The Kier molecular flexibility index (Phi) is 5.28. The van der Waals surface area contributed by atoms with Gasteiger partial charge < -0.3 is 17.0 Å². The van der Waals surface area contributed by atoms with Gasteiger partial charge in [0.1, 0.15) is 18.9 Å². The lowest BCUT2D eigenvalue weighted by Crippen LogP contribution is -3.00. The highest BCUT2D eigenvalue weighted by Crippen LogP contribution is 2.11. The molecule has 0 atom stereocenters. The summed E-state index contributed by atoms with van der Waals surface area (Å²) in [6.07, 6.45) is 6.07. The summed E-state index contributed by atoms with van der Waals surface area (Å²) in [6, 6.07) is 17.2. The molecule has 0 saturated carbocycles. The molecule has 2 aromatic carbocycles. The lowest BCUT2D eigenvalue weighted by atomic mass is 10.0. The number of hydrogen-bond acceptors (Lipinski definition) is 1. The molecule has 0 unspecified atom stereocenters. The summed E-state index contributed by atoms with van der Waals surface area (Å²) in [5, 5.41) is 0. The van der Waals surface area contributed by atoms with E-state index in [-0.39, 0.29) is 22.8 Å². The zero-order valence-corrected chi connectivity index (χ0v) is 13.9. The van der Waals surface area contributed by atoms with Gasteiger partial charge in [0, 0.05) is 11.1 Å². The maximum absolute atomic E-state index is 12.3. The summed E-state index contributed by atoms with van der Waals surface area (Å²) in [4.78, 5) is 12.3. The average Bonchev–Trinajstić information content (AvgIpc) is 2.93. The van der Waals surface area contributed by atoms with Gasteiger partial charge in [0.25, 0.3) is 0 Å². The van der Waals surface area contributed by atoms with E-state index in [9.17, 15) is 4.79 Å². The molecule has 3 aromatic rings. The third-order valence-corrected chi connectivity index (χ3v) is 3.44. The Morgan fingerprint density at radius 3 is 2.23 bits per heavy atom. The molecule has 0 aliphatic rings. The van der Waals surface area contributed by atoms with Crippen molar-refractivity contribution in [2.24, 2.45) is 7.05 Å². The standard InChI is InChI=1S/C18H17N2O.BrH/c1-19-11-12-20(14-19)13-15-7-9-17(10-8-15)18(21)16-5-3-2-4-6-16;/h2-12,14H,13H2,1H3;1H/q+1;/p-1. The summed E-state index contributed by atoms with van der Waals surface area (Å²) in [6.45, 7) is 0.806. The predicted octanol–water partition coefficient (Wildman–Crippen LogP) is -0.404. The van der Waals surface area contributed by atoms with Crippen LogP contribution in [0.15, 0.2) is 73.3 Å². The Balaban J connectivity index is 0.00000176. The molecule has 0 fully saturated rings. The van der Waals surface area contributed by atoms with E-state index in [0.717, 1.165) is 17.7 Å². The van der Waals surface area contributed by atoms with E-state index in [0.29, 0.717) is 0 Å². The van der Waals surface area contributed by atoms with Gasteiger partial charge in [-0.05, 0) is 5.56 Å². The summed E-state index contributed by atoms with van der Waals surface area (Å²) in [5.74, 6) is 0.0644. The van der Waals surface area contributed by atoms with Crippen LogP contribution in [-0.2, 0) is 13.6 Å². The molecule has 4 heteroatoms. The van der Waals surface area contributed by atoms with Crippen molar-refractivity contribution in [1.82, 2.24) is 4.57 Å². The smallest absolute Gasteiger partial charge is 0.243 e. The molecule has 0 aliphatic heterocycles. The SMILES string of the molecule is C[n+]1ccn(Cc2ccc(C(=O)c3ccccc3)cc2)c1.[Br-]. The van der Waals surface area contributed by atoms with Crippen molar-refractivity contribution >= 4 is 5.78 Å². The maximum atomic E-state index is 12.3. The number of carbonyl (C=O) groups excluding carboxylic acids is 1. The molecule has 22 heavy (non-hydrogen) atoms. The number of nitrogens with zero attached hydrogens (tertiary/aromatic N) is 2. The van der Waals surface area contributed by atoms with Crippen LogP contribution >= 0.6 is 0 Å². The van der Waals surface area contributed by atoms with Crippen LogP contribution < -0.4 is 21.5 Å². The number of hydrogen-bond donors (Lipinski definition) is 0. The van der Waals surface area contributed by atoms with Gasteiger partial charge >= 0.3 is 0 Å². The molecule has 0 spiro atoms. The second-order valence-electron chi connectivity index (χ2n) is 5.14. The molecular weight excluding hydrogens is 340 g/mol. The highest BCUT2D eigenvalue weighted by atomic mass is 79.9. The third kappa shape index (κ3) is 3.71. The topological polar surface area (TPSA) is 25.9 Å². The third-order valence-electron chi connectivity index (χ3n) is 3.44. The second-order valence-corrected chi connectivity index (χ2v) is 5.14. The van der Waals surface area contributed by atoms with Crippen LogP contribution in [-0.4, -0.2) is 10.4 Å². The largest absolute Gasteiger partial charge is 1.00 e. The number of aromatic nitrogens is 2. The van der Waals surface area contributed by atoms with Gasteiger partial charge in [-0.15, -0.1) is 0 Å². The van der Waals surface area contributed by atoms with E-state index >= 15 is 0 Å². The van der Waals surface area contributed by atoms with Crippen LogP contribution in [0.3, 0.4) is 0 Å². The first-order valence-electron chi connectivity index (χ1n) is 6.92. The normalized spacial score (nSPS) is 10.0. The molecule has 0 aliphatic carbocycles. The van der Waals surface area contributed by atoms with Crippen LogP contribution in [0.2, 0.25) is 0 Å². The van der Waals surface area contributed by atoms with Crippen molar-refractivity contribution in [3.05, 3.63) is 90.0 Å². The monoisotopic (exact) mass is 356 g/mol. The first kappa shape index (κ1) is 16.2. The number of aryl methyl sites for hydroxylation is 1. The summed E-state index contributed by atoms with van der Waals surface area (Å²) < 4.78 is 4.11. The van der Waals surface area contributed by atoms with Crippen molar-refractivity contribution in [1.29, 1.82) is 0 Å². The van der Waals surface area contributed by atoms with Gasteiger partial charge in [-0.3, -0.25) is 4.79 Å². The highest BCUT2D eigenvalue weighted by Gasteiger charge is 2.09. The Hall–Kier alpha value is -2.20. The van der Waals surface area contributed by atoms with Crippen LogP contribution in [0.4, 0.5) is 0 Å². The lowest BCUT2D eigenvalue weighted by Gasteiger charge is -2.03. The van der Waals surface area contributed by atoms with Crippen molar-refractivity contribution in [2.45, 2.75) is 6.54 Å². The maximum Gasteiger partial charge on any atom is 0.243 e. The van der Waals surface area contributed by atoms with E-state index in [1.807, 2.05) is 84.9 Å². The number of benzene rings is 2. The fourth-order valence-electron chi connectivity index (χ4n) is 2.32. The number of rotatable bonds is 4. The molecule has 0 radical (unpaired) electrons. The Bertz CT molecular complexity index is 748. The fraction of sp³-hybridized carbons (Fsp3) is 0.111. The Morgan fingerprint density at radius 2 is 1.64 bits per heavy atom. The van der Waals surface area contributed by atoms with Crippen molar-refractivity contribution in [2.75, 3.05) is 0 Å². The second kappa shape index (κ2) is 7.18. The average molecular weight is 357 g/mol. The number of halogens is 1. The summed E-state index contributed by atoms with van der Waals surface area (Å²) in [7, 11) is 2.00. The van der Waals surface area contributed by atoms with E-state index in [2.05, 4.69) is 4.57 Å². The number of carbonyl (C=O) groups is 1. The molecule has 0 saturated heterocycles. The van der Waals surface area contributed by atoms with Gasteiger partial charge in [-0.25, -0.2) is 9.13 Å². The lowest BCUT2D eigenvalue weighted by molar-refractivity contribution is -0.671. The predicted molar refractivity (Wildman–Crippen MR) is 81.0 cm³/mol. The van der Waals surface area contributed by atoms with Gasteiger partial charge in [-0.2, -0.15) is 0 Å². The molecule has 1 heterocycles. The van der Waals surface area contributed by atoms with Crippen molar-refractivity contribution < 1.29 is 26.3 Å².